The van der Waals surface area contributed by atoms with Crippen molar-refractivity contribution in [2.24, 2.45) is 0 Å². The molecule has 1 aromatic heterocycles. The average Bonchev–Trinajstić information content (AvgIpc) is 2.68. The van der Waals surface area contributed by atoms with Crippen molar-refractivity contribution in [1.82, 2.24) is 9.29 Å². The summed E-state index contributed by atoms with van der Waals surface area (Å²) in [6.07, 6.45) is -2.60. The zero-order valence-corrected chi connectivity index (χ0v) is 11.9. The van der Waals surface area contributed by atoms with E-state index in [1.165, 1.54) is 6.07 Å². The molecule has 0 amide bonds. The lowest BCUT2D eigenvalue weighted by atomic mass is 10.0. The zero-order chi connectivity index (χ0) is 15.2. The smallest absolute Gasteiger partial charge is 0.250 e. The molecular weight excluding hydrogens is 293 g/mol. The number of aromatic nitrogens is 1. The van der Waals surface area contributed by atoms with E-state index in [0.717, 1.165) is 16.6 Å². The summed E-state index contributed by atoms with van der Waals surface area (Å²) in [5.74, 6) is 0. The van der Waals surface area contributed by atoms with Crippen LogP contribution in [-0.4, -0.2) is 29.8 Å². The van der Waals surface area contributed by atoms with E-state index in [-0.39, 0.29) is 6.54 Å². The molecule has 2 rings (SSSR count). The second-order valence-corrected chi connectivity index (χ2v) is 7.17. The van der Waals surface area contributed by atoms with Crippen LogP contribution in [-0.2, 0) is 16.2 Å². The van der Waals surface area contributed by atoms with Gasteiger partial charge in [-0.1, -0.05) is 0 Å². The van der Waals surface area contributed by atoms with Crippen LogP contribution in [0.1, 0.15) is 32.4 Å². The van der Waals surface area contributed by atoms with Crippen LogP contribution in [0.25, 0.3) is 0 Å². The molecule has 2 heterocycles. The van der Waals surface area contributed by atoms with E-state index < -0.39 is 32.3 Å². The number of alkyl halides is 3. The molecule has 1 fully saturated rings. The lowest BCUT2D eigenvalue weighted by molar-refractivity contribution is -0.143. The van der Waals surface area contributed by atoms with Gasteiger partial charge in [-0.2, -0.15) is 17.5 Å². The highest BCUT2D eigenvalue weighted by molar-refractivity contribution is 7.89. The molecule has 8 heteroatoms. The zero-order valence-electron chi connectivity index (χ0n) is 11.1. The molecular formula is C12H15F3N2O2S. The van der Waals surface area contributed by atoms with Crippen LogP contribution in [0.15, 0.2) is 23.2 Å². The van der Waals surface area contributed by atoms with Crippen LogP contribution in [0, 0.1) is 0 Å². The molecule has 0 unspecified atom stereocenters. The summed E-state index contributed by atoms with van der Waals surface area (Å²) < 4.78 is 64.9. The van der Waals surface area contributed by atoms with E-state index in [4.69, 9.17) is 0 Å². The molecule has 0 aliphatic carbocycles. The van der Waals surface area contributed by atoms with Gasteiger partial charge in [-0.3, -0.25) is 4.98 Å². The first-order valence-electron chi connectivity index (χ1n) is 6.12. The lowest BCUT2D eigenvalue weighted by Gasteiger charge is -2.31. The van der Waals surface area contributed by atoms with E-state index in [1.54, 1.807) is 13.8 Å². The van der Waals surface area contributed by atoms with Crippen LogP contribution < -0.4 is 0 Å². The molecule has 4 nitrogen and oxygen atoms in total. The third kappa shape index (κ3) is 2.54. The summed E-state index contributed by atoms with van der Waals surface area (Å²) in [6, 6.07) is 2.16. The molecule has 1 aromatic rings. The van der Waals surface area contributed by atoms with Gasteiger partial charge in [-0.05, 0) is 38.8 Å². The van der Waals surface area contributed by atoms with Crippen molar-refractivity contribution in [3.8, 4) is 0 Å². The summed E-state index contributed by atoms with van der Waals surface area (Å²) in [4.78, 5) is 2.43. The number of halogens is 3. The number of hydrogen-bond acceptors (Lipinski definition) is 3. The van der Waals surface area contributed by atoms with E-state index in [2.05, 4.69) is 4.98 Å². The van der Waals surface area contributed by atoms with Crippen LogP contribution >= 0.6 is 0 Å². The van der Waals surface area contributed by atoms with Crippen LogP contribution in [0.2, 0.25) is 0 Å². The molecule has 0 spiro atoms. The number of hydrogen-bond donors (Lipinski definition) is 0. The Morgan fingerprint density at radius 2 is 2.00 bits per heavy atom. The molecule has 112 valence electrons. The molecule has 0 N–H and O–H groups in total. The number of sulfonamides is 1. The fourth-order valence-corrected chi connectivity index (χ4v) is 4.47. The lowest BCUT2D eigenvalue weighted by Crippen LogP contribution is -2.43. The van der Waals surface area contributed by atoms with Gasteiger partial charge in [0.05, 0.1) is 0 Å². The largest absolute Gasteiger partial charge is 0.434 e. The number of nitrogens with zero attached hydrogens (tertiary/aromatic N) is 2. The third-order valence-corrected chi connectivity index (χ3v) is 5.57. The Bertz CT molecular complexity index is 611. The fourth-order valence-electron chi connectivity index (χ4n) is 2.46. The molecule has 0 bridgehead atoms. The summed E-state index contributed by atoms with van der Waals surface area (Å²) in [7, 11) is -4.21. The molecule has 1 aliphatic heterocycles. The highest BCUT2D eigenvalue weighted by atomic mass is 32.2. The van der Waals surface area contributed by atoms with Crippen molar-refractivity contribution >= 4 is 10.0 Å². The fraction of sp³-hybridized carbons (Fsp3) is 0.583. The van der Waals surface area contributed by atoms with Gasteiger partial charge >= 0.3 is 6.18 Å². The van der Waals surface area contributed by atoms with Crippen molar-refractivity contribution in [2.75, 3.05) is 6.54 Å². The van der Waals surface area contributed by atoms with Crippen molar-refractivity contribution in [3.05, 3.63) is 24.0 Å². The van der Waals surface area contributed by atoms with Crippen molar-refractivity contribution in [1.29, 1.82) is 0 Å². The van der Waals surface area contributed by atoms with E-state index in [1.807, 2.05) is 0 Å². The Labute approximate surface area is 115 Å². The van der Waals surface area contributed by atoms with Crippen LogP contribution in [0.4, 0.5) is 13.2 Å². The topological polar surface area (TPSA) is 50.3 Å². The molecule has 0 atom stereocenters. The predicted molar refractivity (Wildman–Crippen MR) is 66.4 cm³/mol. The molecule has 0 saturated carbocycles. The quantitative estimate of drug-likeness (QED) is 0.844. The van der Waals surface area contributed by atoms with Gasteiger partial charge in [0, 0.05) is 18.3 Å². The first-order chi connectivity index (χ1) is 9.07. The standard InChI is InChI=1S/C12H15F3N2O2S/c1-11(2)6-4-8-17(11)20(18,19)9-5-3-7-16-10(9)12(13,14)15/h3,5,7H,4,6,8H2,1-2H3. The third-order valence-electron chi connectivity index (χ3n) is 3.43. The molecule has 20 heavy (non-hydrogen) atoms. The molecule has 0 aromatic carbocycles. The maximum absolute atomic E-state index is 12.9. The molecule has 1 aliphatic rings. The van der Waals surface area contributed by atoms with Crippen molar-refractivity contribution < 1.29 is 21.6 Å². The summed E-state index contributed by atoms with van der Waals surface area (Å²) in [5.41, 5.74) is -2.04. The highest BCUT2D eigenvalue weighted by Crippen LogP contribution is 2.38. The van der Waals surface area contributed by atoms with Gasteiger partial charge in [0.25, 0.3) is 0 Å². The van der Waals surface area contributed by atoms with Gasteiger partial charge in [-0.15, -0.1) is 0 Å². The monoisotopic (exact) mass is 308 g/mol. The summed E-state index contributed by atoms with van der Waals surface area (Å²) >= 11 is 0. The van der Waals surface area contributed by atoms with Crippen molar-refractivity contribution in [3.63, 3.8) is 0 Å². The van der Waals surface area contributed by atoms with Gasteiger partial charge < -0.3 is 0 Å². The second-order valence-electron chi connectivity index (χ2n) is 5.34. The Kier molecular flexibility index (Phi) is 3.58. The minimum Gasteiger partial charge on any atom is -0.250 e. The Morgan fingerprint density at radius 1 is 1.35 bits per heavy atom. The SMILES string of the molecule is CC1(C)CCCN1S(=O)(=O)c1cccnc1C(F)(F)F. The van der Waals surface area contributed by atoms with Gasteiger partial charge in [0.1, 0.15) is 4.90 Å². The van der Waals surface area contributed by atoms with Gasteiger partial charge in [-0.25, -0.2) is 8.42 Å². The van der Waals surface area contributed by atoms with E-state index in [9.17, 15) is 21.6 Å². The number of rotatable bonds is 2. The maximum Gasteiger partial charge on any atom is 0.434 e. The summed E-state index contributed by atoms with van der Waals surface area (Å²) in [6.45, 7) is 3.64. The predicted octanol–water partition coefficient (Wildman–Crippen LogP) is 2.66. The maximum atomic E-state index is 12.9. The second kappa shape index (κ2) is 4.70. The van der Waals surface area contributed by atoms with Crippen LogP contribution in [0.5, 0.6) is 0 Å². The van der Waals surface area contributed by atoms with Crippen molar-refractivity contribution in [2.45, 2.75) is 43.3 Å². The van der Waals surface area contributed by atoms with E-state index >= 15 is 0 Å². The summed E-state index contributed by atoms with van der Waals surface area (Å²) in [5, 5.41) is 0. The first-order valence-corrected chi connectivity index (χ1v) is 7.56. The Morgan fingerprint density at radius 3 is 2.50 bits per heavy atom. The minimum atomic E-state index is -4.80. The average molecular weight is 308 g/mol. The van der Waals surface area contributed by atoms with E-state index in [0.29, 0.717) is 12.8 Å². The molecule has 0 radical (unpaired) electrons. The number of pyridine rings is 1. The van der Waals surface area contributed by atoms with Gasteiger partial charge in [0.15, 0.2) is 5.69 Å². The first kappa shape index (κ1) is 15.2. The van der Waals surface area contributed by atoms with Gasteiger partial charge in [0.2, 0.25) is 10.0 Å². The van der Waals surface area contributed by atoms with Crippen LogP contribution in [0.3, 0.4) is 0 Å². The highest BCUT2D eigenvalue weighted by Gasteiger charge is 2.45. The molecule has 1 saturated heterocycles. The Hall–Kier alpha value is -1.15. The minimum absolute atomic E-state index is 0.224. The normalized spacial score (nSPS) is 20.2. The Balaban J connectivity index is 2.57.